The highest BCUT2D eigenvalue weighted by Gasteiger charge is 2.40. The van der Waals surface area contributed by atoms with Gasteiger partial charge in [-0.3, -0.25) is 0 Å². The van der Waals surface area contributed by atoms with Crippen LogP contribution < -0.4 is 0 Å². The van der Waals surface area contributed by atoms with Crippen LogP contribution in [0.15, 0.2) is 46.9 Å². The van der Waals surface area contributed by atoms with Gasteiger partial charge in [-0.2, -0.15) is 8.42 Å². The number of aryl methyl sites for hydroxylation is 2. The minimum Gasteiger partial charge on any atom is -0.420 e. The van der Waals surface area contributed by atoms with Gasteiger partial charge in [-0.25, -0.2) is 4.85 Å². The molecule has 2 aromatic carbocycles. The highest BCUT2D eigenvalue weighted by atomic mass is 32.1. The molecule has 3 rings (SSSR count). The van der Waals surface area contributed by atoms with Crippen molar-refractivity contribution in [3.63, 3.8) is 0 Å². The first-order valence-corrected chi connectivity index (χ1v) is 15.4. The van der Waals surface area contributed by atoms with Gasteiger partial charge in [0.1, 0.15) is 0 Å². The summed E-state index contributed by atoms with van der Waals surface area (Å²) < 4.78 is 29.5. The molecule has 0 bridgehead atoms. The van der Waals surface area contributed by atoms with E-state index in [1.54, 1.807) is 0 Å². The number of nitrogens with zero attached hydrogens (tertiary/aromatic N) is 3. The van der Waals surface area contributed by atoms with Gasteiger partial charge < -0.3 is 8.84 Å². The molecule has 0 aliphatic rings. The van der Waals surface area contributed by atoms with Crippen molar-refractivity contribution < 1.29 is 17.3 Å². The monoisotopic (exact) mass is 525 g/mol. The van der Waals surface area contributed by atoms with Gasteiger partial charge in [0.15, 0.2) is 14.0 Å². The van der Waals surface area contributed by atoms with E-state index in [9.17, 15) is 0 Å². The Morgan fingerprint density at radius 3 is 2.22 bits per heavy atom. The standard InChI is InChI=1S/C27H35N3O2Si.O2S/c1-18-10-13-22(14-11-18)25-29-30-26(31-25)23(20(3)32-33(8,9)27(4,5)6)17-21-12-15-24(28-7)19(2)16-21;1-3-2/h10-16,20,23H,17H2,1-6,8-9H3;/t20-,23-;/m1./s1. The normalized spacial score (nSPS) is 13.2. The molecule has 0 spiro atoms. The lowest BCUT2D eigenvalue weighted by Gasteiger charge is -2.40. The molecule has 1 aromatic heterocycles. The molecule has 0 N–H and O–H groups in total. The van der Waals surface area contributed by atoms with E-state index in [1.807, 2.05) is 43.3 Å². The fraction of sp³-hybridized carbons (Fsp3) is 0.444. The molecule has 36 heavy (non-hydrogen) atoms. The number of rotatable bonds is 7. The first-order valence-electron chi connectivity index (χ1n) is 11.8. The van der Waals surface area contributed by atoms with E-state index in [1.165, 1.54) is 5.56 Å². The second-order valence-electron chi connectivity index (χ2n) is 10.5. The Labute approximate surface area is 218 Å². The van der Waals surface area contributed by atoms with Crippen LogP contribution in [0.25, 0.3) is 16.3 Å². The quantitative estimate of drug-likeness (QED) is 0.244. The fourth-order valence-electron chi connectivity index (χ4n) is 3.60. The summed E-state index contributed by atoms with van der Waals surface area (Å²) in [5.74, 6) is 1.02. The Kier molecular flexibility index (Phi) is 10.0. The summed E-state index contributed by atoms with van der Waals surface area (Å²) in [5, 5.41) is 8.90. The zero-order valence-electron chi connectivity index (χ0n) is 22.3. The van der Waals surface area contributed by atoms with E-state index in [-0.39, 0.29) is 17.1 Å². The molecule has 0 aliphatic heterocycles. The Balaban J connectivity index is 0.00000145. The number of hydrogen-bond donors (Lipinski definition) is 0. The van der Waals surface area contributed by atoms with Crippen LogP contribution in [0.3, 0.4) is 0 Å². The van der Waals surface area contributed by atoms with Crippen LogP contribution in [0.4, 0.5) is 5.69 Å². The maximum atomic E-state index is 8.29. The highest BCUT2D eigenvalue weighted by Crippen LogP contribution is 2.40. The zero-order chi connectivity index (χ0) is 27.1. The smallest absolute Gasteiger partial charge is 0.335 e. The van der Waals surface area contributed by atoms with Gasteiger partial charge in [-0.15, -0.1) is 10.2 Å². The maximum Gasteiger partial charge on any atom is 0.335 e. The molecule has 0 unspecified atom stereocenters. The number of aromatic nitrogens is 2. The van der Waals surface area contributed by atoms with Crippen molar-refractivity contribution in [3.8, 4) is 11.5 Å². The van der Waals surface area contributed by atoms with Crippen LogP contribution in [0.5, 0.6) is 0 Å². The zero-order valence-corrected chi connectivity index (χ0v) is 24.1. The lowest BCUT2D eigenvalue weighted by atomic mass is 9.93. The molecule has 7 nitrogen and oxygen atoms in total. The lowest BCUT2D eigenvalue weighted by molar-refractivity contribution is 0.154. The van der Waals surface area contributed by atoms with E-state index in [4.69, 9.17) is 23.8 Å². The molecule has 9 heteroatoms. The second-order valence-corrected chi connectivity index (χ2v) is 15.4. The Morgan fingerprint density at radius 2 is 1.69 bits per heavy atom. The summed E-state index contributed by atoms with van der Waals surface area (Å²) in [5.41, 5.74) is 4.88. The molecule has 1 heterocycles. The van der Waals surface area contributed by atoms with Gasteiger partial charge in [0.05, 0.1) is 18.6 Å². The summed E-state index contributed by atoms with van der Waals surface area (Å²) in [6.07, 6.45) is 0.600. The van der Waals surface area contributed by atoms with Gasteiger partial charge in [0.2, 0.25) is 11.8 Å². The Hall–Kier alpha value is -2.93. The van der Waals surface area contributed by atoms with Crippen LogP contribution >= 0.6 is 0 Å². The average molecular weight is 526 g/mol. The second kappa shape index (κ2) is 12.3. The molecule has 0 saturated carbocycles. The first kappa shape index (κ1) is 29.3. The van der Waals surface area contributed by atoms with Crippen molar-refractivity contribution in [2.75, 3.05) is 0 Å². The van der Waals surface area contributed by atoms with E-state index in [0.29, 0.717) is 23.9 Å². The van der Waals surface area contributed by atoms with Gasteiger partial charge in [-0.05, 0) is 68.6 Å². The largest absolute Gasteiger partial charge is 0.420 e. The molecular weight excluding hydrogens is 490 g/mol. The predicted octanol–water partition coefficient (Wildman–Crippen LogP) is 6.97. The maximum absolute atomic E-state index is 8.29. The molecule has 0 aliphatic carbocycles. The lowest BCUT2D eigenvalue weighted by Crippen LogP contribution is -2.44. The van der Waals surface area contributed by atoms with Gasteiger partial charge in [0.25, 0.3) is 0 Å². The van der Waals surface area contributed by atoms with Crippen molar-refractivity contribution in [3.05, 3.63) is 76.5 Å². The molecule has 0 radical (unpaired) electrons. The minimum absolute atomic E-state index is 0.0935. The number of hydrogen-bond acceptors (Lipinski definition) is 6. The summed E-state index contributed by atoms with van der Waals surface area (Å²) in [7, 11) is -2.00. The van der Waals surface area contributed by atoms with Gasteiger partial charge in [0, 0.05) is 5.56 Å². The summed E-state index contributed by atoms with van der Waals surface area (Å²) in [4.78, 5) is 3.59. The van der Waals surface area contributed by atoms with Crippen molar-refractivity contribution in [1.82, 2.24) is 10.2 Å². The predicted molar refractivity (Wildman–Crippen MR) is 145 cm³/mol. The van der Waals surface area contributed by atoms with E-state index in [2.05, 4.69) is 68.8 Å². The van der Waals surface area contributed by atoms with Crippen LogP contribution in [-0.2, 0) is 22.4 Å². The minimum atomic E-state index is -2.00. The summed E-state index contributed by atoms with van der Waals surface area (Å²) in [6.45, 7) is 24.7. The third-order valence-electron chi connectivity index (χ3n) is 6.75. The first-order chi connectivity index (χ1) is 16.8. The van der Waals surface area contributed by atoms with Crippen molar-refractivity contribution in [1.29, 1.82) is 0 Å². The van der Waals surface area contributed by atoms with E-state index < -0.39 is 19.9 Å². The third kappa shape index (κ3) is 7.53. The van der Waals surface area contributed by atoms with Crippen LogP contribution in [0, 0.1) is 20.4 Å². The molecule has 0 fully saturated rings. The molecular formula is C27H35N3O4SSi. The van der Waals surface area contributed by atoms with E-state index in [0.717, 1.165) is 16.7 Å². The molecule has 2 atom stereocenters. The molecule has 0 amide bonds. The van der Waals surface area contributed by atoms with Crippen molar-refractivity contribution in [2.24, 2.45) is 0 Å². The Morgan fingerprint density at radius 1 is 1.08 bits per heavy atom. The van der Waals surface area contributed by atoms with Crippen LogP contribution in [0.2, 0.25) is 18.1 Å². The SMILES string of the molecule is O=S=O.[C-]#[N+]c1ccc(C[C@@H](c2nnc(-c3ccc(C)cc3)o2)[C@@H](C)O[Si](C)(C)C(C)(C)C)cc1C. The van der Waals surface area contributed by atoms with Gasteiger partial charge >= 0.3 is 11.6 Å². The van der Waals surface area contributed by atoms with E-state index >= 15 is 0 Å². The van der Waals surface area contributed by atoms with Crippen LogP contribution in [-0.4, -0.2) is 33.0 Å². The molecule has 3 aromatic rings. The molecule has 192 valence electrons. The Bertz CT molecular complexity index is 1240. The summed E-state index contributed by atoms with van der Waals surface area (Å²) >= 11 is -0.750. The van der Waals surface area contributed by atoms with Crippen molar-refractivity contribution >= 4 is 25.6 Å². The number of benzene rings is 2. The van der Waals surface area contributed by atoms with Crippen molar-refractivity contribution in [2.45, 2.75) is 78.1 Å². The average Bonchev–Trinajstić information content (AvgIpc) is 3.27. The highest BCUT2D eigenvalue weighted by molar-refractivity contribution is 7.51. The molecule has 0 saturated heterocycles. The van der Waals surface area contributed by atoms with Gasteiger partial charge in [-0.1, -0.05) is 56.7 Å². The topological polar surface area (TPSA) is 86.7 Å². The summed E-state index contributed by atoms with van der Waals surface area (Å²) in [6, 6.07) is 14.1. The third-order valence-corrected chi connectivity index (χ3v) is 11.3. The fourth-order valence-corrected chi connectivity index (χ4v) is 5.05. The van der Waals surface area contributed by atoms with Crippen LogP contribution in [0.1, 0.15) is 56.2 Å².